The number of hydrogen-bond acceptors (Lipinski definition) is 5. The van der Waals surface area contributed by atoms with E-state index in [1.165, 1.54) is 16.4 Å². The number of sulfonamides is 1. The van der Waals surface area contributed by atoms with Crippen LogP contribution in [0.3, 0.4) is 0 Å². The summed E-state index contributed by atoms with van der Waals surface area (Å²) in [5.41, 5.74) is -0.479. The summed E-state index contributed by atoms with van der Waals surface area (Å²) in [5, 5.41) is 7.57. The first-order valence-corrected chi connectivity index (χ1v) is 11.3. The van der Waals surface area contributed by atoms with Crippen LogP contribution in [0.25, 0.3) is 11.5 Å². The summed E-state index contributed by atoms with van der Waals surface area (Å²) in [6.45, 7) is 0.319. The molecule has 0 bridgehead atoms. The number of piperidine rings is 1. The van der Waals surface area contributed by atoms with Crippen LogP contribution < -0.4 is 0 Å². The van der Waals surface area contributed by atoms with E-state index in [0.29, 0.717) is 18.4 Å². The lowest BCUT2D eigenvalue weighted by Gasteiger charge is -2.30. The molecular formula is C20H16ClF4N3O3S. The molecule has 12 heteroatoms. The van der Waals surface area contributed by atoms with Crippen LogP contribution in [0.2, 0.25) is 5.02 Å². The van der Waals surface area contributed by atoms with Gasteiger partial charge in [0.05, 0.1) is 21.4 Å². The molecule has 170 valence electrons. The highest BCUT2D eigenvalue weighted by atomic mass is 35.5. The van der Waals surface area contributed by atoms with Crippen LogP contribution in [0.15, 0.2) is 51.8 Å². The zero-order valence-electron chi connectivity index (χ0n) is 16.3. The first-order valence-electron chi connectivity index (χ1n) is 9.52. The molecule has 1 aliphatic rings. The second-order valence-corrected chi connectivity index (χ2v) is 9.64. The van der Waals surface area contributed by atoms with Crippen LogP contribution in [0.4, 0.5) is 17.6 Å². The Morgan fingerprint density at radius 1 is 1.09 bits per heavy atom. The van der Waals surface area contributed by atoms with Gasteiger partial charge in [0.15, 0.2) is 0 Å². The largest absolute Gasteiger partial charge is 0.420 e. The standard InChI is InChI=1S/C20H16ClF4N3O3S/c21-16-10-15(7-8-17(16)22)32(29,30)28-9-1-2-13(11-28)19-27-26-18(31-19)12-3-5-14(6-4-12)20(23,24)25/h3-8,10,13H,1-2,9,11H2. The Labute approximate surface area is 185 Å². The van der Waals surface area contributed by atoms with Gasteiger partial charge in [0.25, 0.3) is 0 Å². The minimum absolute atomic E-state index is 0.0408. The van der Waals surface area contributed by atoms with Gasteiger partial charge in [-0.2, -0.15) is 17.5 Å². The summed E-state index contributed by atoms with van der Waals surface area (Å²) < 4.78 is 84.4. The highest BCUT2D eigenvalue weighted by molar-refractivity contribution is 7.89. The molecule has 0 spiro atoms. The van der Waals surface area contributed by atoms with E-state index in [1.807, 2.05) is 0 Å². The number of hydrogen-bond donors (Lipinski definition) is 0. The number of halogens is 5. The third-order valence-corrected chi connectivity index (χ3v) is 7.31. The Balaban J connectivity index is 1.53. The Hall–Kier alpha value is -2.50. The maximum atomic E-state index is 13.4. The molecule has 0 saturated carbocycles. The molecule has 1 aromatic heterocycles. The van der Waals surface area contributed by atoms with Crippen molar-refractivity contribution in [1.82, 2.24) is 14.5 Å². The number of alkyl halides is 3. The van der Waals surface area contributed by atoms with Crippen molar-refractivity contribution in [2.45, 2.75) is 29.8 Å². The van der Waals surface area contributed by atoms with Crippen molar-refractivity contribution in [3.05, 3.63) is 64.8 Å². The van der Waals surface area contributed by atoms with E-state index < -0.39 is 33.5 Å². The van der Waals surface area contributed by atoms with Gasteiger partial charge in [0.2, 0.25) is 21.8 Å². The Kier molecular flexibility index (Phi) is 5.99. The maximum absolute atomic E-state index is 13.4. The highest BCUT2D eigenvalue weighted by Gasteiger charge is 2.34. The van der Waals surface area contributed by atoms with Crippen LogP contribution in [0, 0.1) is 5.82 Å². The van der Waals surface area contributed by atoms with Gasteiger partial charge in [0.1, 0.15) is 5.82 Å². The summed E-state index contributed by atoms with van der Waals surface area (Å²) in [4.78, 5) is -0.125. The second kappa shape index (κ2) is 8.45. The minimum atomic E-state index is -4.45. The van der Waals surface area contributed by atoms with Gasteiger partial charge in [-0.1, -0.05) is 11.6 Å². The molecule has 0 N–H and O–H groups in total. The SMILES string of the molecule is O=S(=O)(c1ccc(F)c(Cl)c1)N1CCCC(c2nnc(-c3ccc(C(F)(F)F)cc3)o2)C1. The van der Waals surface area contributed by atoms with Crippen molar-refractivity contribution in [3.8, 4) is 11.5 Å². The lowest BCUT2D eigenvalue weighted by atomic mass is 10.00. The number of nitrogens with zero attached hydrogens (tertiary/aromatic N) is 3. The van der Waals surface area contributed by atoms with E-state index in [2.05, 4.69) is 10.2 Å². The molecule has 1 unspecified atom stereocenters. The normalized spacial score (nSPS) is 18.1. The molecule has 0 amide bonds. The van der Waals surface area contributed by atoms with Gasteiger partial charge in [0, 0.05) is 18.7 Å². The lowest BCUT2D eigenvalue weighted by molar-refractivity contribution is -0.137. The van der Waals surface area contributed by atoms with E-state index in [0.717, 1.165) is 30.3 Å². The molecule has 0 radical (unpaired) electrons. The first-order chi connectivity index (χ1) is 15.1. The van der Waals surface area contributed by atoms with Crippen molar-refractivity contribution in [2.24, 2.45) is 0 Å². The molecular weight excluding hydrogens is 474 g/mol. The number of aromatic nitrogens is 2. The zero-order chi connectivity index (χ0) is 23.1. The van der Waals surface area contributed by atoms with Crippen LogP contribution in [0.5, 0.6) is 0 Å². The van der Waals surface area contributed by atoms with E-state index >= 15 is 0 Å². The Bertz CT molecular complexity index is 1230. The van der Waals surface area contributed by atoms with Crippen molar-refractivity contribution in [1.29, 1.82) is 0 Å². The molecule has 2 aromatic carbocycles. The van der Waals surface area contributed by atoms with Gasteiger partial charge in [-0.15, -0.1) is 10.2 Å². The third-order valence-electron chi connectivity index (χ3n) is 5.16. The lowest BCUT2D eigenvalue weighted by Crippen LogP contribution is -2.39. The topological polar surface area (TPSA) is 76.3 Å². The van der Waals surface area contributed by atoms with Crippen LogP contribution >= 0.6 is 11.6 Å². The number of benzene rings is 2. The van der Waals surface area contributed by atoms with Gasteiger partial charge in [-0.25, -0.2) is 12.8 Å². The van der Waals surface area contributed by atoms with E-state index in [4.69, 9.17) is 16.0 Å². The fraction of sp³-hybridized carbons (Fsp3) is 0.300. The summed E-state index contributed by atoms with van der Waals surface area (Å²) in [6.07, 6.45) is -3.34. The average Bonchev–Trinajstić information content (AvgIpc) is 3.25. The summed E-state index contributed by atoms with van der Waals surface area (Å²) in [6, 6.07) is 7.50. The summed E-state index contributed by atoms with van der Waals surface area (Å²) >= 11 is 5.73. The van der Waals surface area contributed by atoms with Crippen molar-refractivity contribution in [2.75, 3.05) is 13.1 Å². The molecule has 2 heterocycles. The molecule has 6 nitrogen and oxygen atoms in total. The minimum Gasteiger partial charge on any atom is -0.420 e. The van der Waals surface area contributed by atoms with Gasteiger partial charge in [-0.3, -0.25) is 0 Å². The second-order valence-electron chi connectivity index (χ2n) is 7.30. The van der Waals surface area contributed by atoms with Gasteiger partial charge in [-0.05, 0) is 55.3 Å². The predicted molar refractivity (Wildman–Crippen MR) is 107 cm³/mol. The first kappa shape index (κ1) is 22.7. The summed E-state index contributed by atoms with van der Waals surface area (Å²) in [5.74, 6) is -0.884. The third kappa shape index (κ3) is 4.50. The Morgan fingerprint density at radius 2 is 1.81 bits per heavy atom. The monoisotopic (exact) mass is 489 g/mol. The van der Waals surface area contributed by atoms with Crippen LogP contribution in [-0.2, 0) is 16.2 Å². The molecule has 0 aliphatic carbocycles. The highest BCUT2D eigenvalue weighted by Crippen LogP contribution is 2.33. The van der Waals surface area contributed by atoms with Crippen molar-refractivity contribution >= 4 is 21.6 Å². The molecule has 1 aliphatic heterocycles. The summed E-state index contributed by atoms with van der Waals surface area (Å²) in [7, 11) is -3.92. The molecule has 1 fully saturated rings. The molecule has 1 saturated heterocycles. The predicted octanol–water partition coefficient (Wildman–Crippen LogP) is 5.12. The van der Waals surface area contributed by atoms with Crippen molar-refractivity contribution < 1.29 is 30.4 Å². The smallest absolute Gasteiger partial charge is 0.416 e. The van der Waals surface area contributed by atoms with E-state index in [9.17, 15) is 26.0 Å². The quantitative estimate of drug-likeness (QED) is 0.476. The van der Waals surface area contributed by atoms with Crippen LogP contribution in [-0.4, -0.2) is 36.0 Å². The van der Waals surface area contributed by atoms with Gasteiger partial charge >= 0.3 is 6.18 Å². The van der Waals surface area contributed by atoms with E-state index in [-0.39, 0.29) is 34.8 Å². The molecule has 3 aromatic rings. The maximum Gasteiger partial charge on any atom is 0.416 e. The molecule has 4 rings (SSSR count). The fourth-order valence-electron chi connectivity index (χ4n) is 3.47. The van der Waals surface area contributed by atoms with Gasteiger partial charge < -0.3 is 4.42 Å². The molecule has 32 heavy (non-hydrogen) atoms. The van der Waals surface area contributed by atoms with Crippen molar-refractivity contribution in [3.63, 3.8) is 0 Å². The van der Waals surface area contributed by atoms with E-state index in [1.54, 1.807) is 0 Å². The zero-order valence-corrected chi connectivity index (χ0v) is 17.9. The average molecular weight is 490 g/mol. The Morgan fingerprint density at radius 3 is 2.47 bits per heavy atom. The van der Waals surface area contributed by atoms with Crippen LogP contribution in [0.1, 0.15) is 30.2 Å². The number of rotatable bonds is 4. The molecule has 1 atom stereocenters. The fourth-order valence-corrected chi connectivity index (χ4v) is 5.26.